The fraction of sp³-hybridized carbons (Fsp3) is 0. The summed E-state index contributed by atoms with van der Waals surface area (Å²) in [7, 11) is 0. The van der Waals surface area contributed by atoms with Gasteiger partial charge in [-0.15, -0.1) is 0 Å². The average molecular weight is 176 g/mol. The zero-order valence-corrected chi connectivity index (χ0v) is 7.21. The second-order valence-electron chi connectivity index (χ2n) is 2.36. The van der Waals surface area contributed by atoms with Crippen LogP contribution < -0.4 is 4.72 Å². The van der Waals surface area contributed by atoms with Crippen LogP contribution in [-0.2, 0) is 0 Å². The number of rotatable bonds is 1. The first-order valence-electron chi connectivity index (χ1n) is 3.66. The van der Waals surface area contributed by atoms with Crippen molar-refractivity contribution in [3.63, 3.8) is 0 Å². The lowest BCUT2D eigenvalue weighted by Gasteiger charge is -2.05. The van der Waals surface area contributed by atoms with Gasteiger partial charge >= 0.3 is 0 Å². The number of nitrogens with one attached hydrogen (secondary N) is 1. The predicted molar refractivity (Wildman–Crippen MR) is 53.6 cm³/mol. The fourth-order valence-electron chi connectivity index (χ4n) is 0.998. The summed E-state index contributed by atoms with van der Waals surface area (Å²) in [5.74, 6) is 0. The second kappa shape index (κ2) is 3.45. The third kappa shape index (κ3) is 1.51. The van der Waals surface area contributed by atoms with Crippen LogP contribution in [0, 0.1) is 0 Å². The normalized spacial score (nSPS) is 15.2. The summed E-state index contributed by atoms with van der Waals surface area (Å²) in [6, 6.07) is 10.1. The molecule has 0 aliphatic carbocycles. The summed E-state index contributed by atoms with van der Waals surface area (Å²) >= 11 is 1.54. The maximum Gasteiger partial charge on any atom is 0.0988 e. The third-order valence-corrected chi connectivity index (χ3v) is 2.15. The molecular weight excluding hydrogens is 168 g/mol. The number of hydrogen-bond donors (Lipinski definition) is 1. The average Bonchev–Trinajstić information content (AvgIpc) is 2.21. The van der Waals surface area contributed by atoms with Crippen LogP contribution in [0.2, 0.25) is 0 Å². The highest BCUT2D eigenvalue weighted by atomic mass is 32.2. The van der Waals surface area contributed by atoms with Crippen molar-refractivity contribution >= 4 is 24.0 Å². The molecule has 0 radical (unpaired) electrons. The van der Waals surface area contributed by atoms with E-state index in [1.165, 1.54) is 11.9 Å². The summed E-state index contributed by atoms with van der Waals surface area (Å²) in [5.41, 5.74) is 2.17. The Balaban J connectivity index is 2.31. The van der Waals surface area contributed by atoms with Crippen LogP contribution in [-0.4, -0.2) is 6.34 Å². The molecule has 0 atom stereocenters. The van der Waals surface area contributed by atoms with E-state index in [9.17, 15) is 0 Å². The highest BCUT2D eigenvalue weighted by Gasteiger charge is 2.00. The van der Waals surface area contributed by atoms with E-state index in [2.05, 4.69) is 21.8 Å². The molecule has 1 aliphatic heterocycles. The van der Waals surface area contributed by atoms with Crippen LogP contribution in [0.1, 0.15) is 5.56 Å². The molecule has 1 heterocycles. The van der Waals surface area contributed by atoms with Gasteiger partial charge in [0.25, 0.3) is 0 Å². The van der Waals surface area contributed by atoms with Crippen molar-refractivity contribution in [1.29, 1.82) is 0 Å². The lowest BCUT2D eigenvalue weighted by atomic mass is 10.2. The molecule has 1 aliphatic rings. The molecule has 2 rings (SSSR count). The Hall–Kier alpha value is -1.22. The number of nitrogens with zero attached hydrogens (tertiary/aromatic N) is 1. The molecule has 1 N–H and O–H groups in total. The molecule has 3 heteroatoms. The minimum absolute atomic E-state index is 1.01. The number of benzene rings is 1. The van der Waals surface area contributed by atoms with Gasteiger partial charge in [0.15, 0.2) is 0 Å². The molecule has 0 spiro atoms. The van der Waals surface area contributed by atoms with E-state index in [4.69, 9.17) is 0 Å². The van der Waals surface area contributed by atoms with E-state index in [0.29, 0.717) is 0 Å². The first-order chi connectivity index (χ1) is 5.97. The Morgan fingerprint density at radius 1 is 1.17 bits per heavy atom. The molecule has 1 aromatic carbocycles. The van der Waals surface area contributed by atoms with Gasteiger partial charge in [0.2, 0.25) is 0 Å². The number of hydrogen-bond acceptors (Lipinski definition) is 3. The molecule has 1 aromatic rings. The maximum atomic E-state index is 4.20. The van der Waals surface area contributed by atoms with Crippen LogP contribution in [0.5, 0.6) is 0 Å². The van der Waals surface area contributed by atoms with Crippen molar-refractivity contribution in [2.45, 2.75) is 0 Å². The van der Waals surface area contributed by atoms with Gasteiger partial charge in [0.1, 0.15) is 0 Å². The van der Waals surface area contributed by atoms with Gasteiger partial charge < -0.3 is 4.72 Å². The summed E-state index contributed by atoms with van der Waals surface area (Å²) in [4.78, 5) is 4.20. The molecule has 0 saturated carbocycles. The Bertz CT molecular complexity index is 317. The molecule has 0 amide bonds. The predicted octanol–water partition coefficient (Wildman–Crippen LogP) is 2.26. The van der Waals surface area contributed by atoms with Gasteiger partial charge in [-0.25, -0.2) is 4.99 Å². The van der Waals surface area contributed by atoms with Crippen molar-refractivity contribution in [1.82, 2.24) is 4.72 Å². The van der Waals surface area contributed by atoms with Crippen LogP contribution in [0.25, 0.3) is 5.70 Å². The monoisotopic (exact) mass is 176 g/mol. The molecular formula is C9H8N2S. The van der Waals surface area contributed by atoms with E-state index in [1.54, 1.807) is 6.34 Å². The minimum Gasteiger partial charge on any atom is -0.317 e. The Morgan fingerprint density at radius 2 is 2.00 bits per heavy atom. The standard InChI is InChI=1S/C9H8N2S/c1-2-4-8(5-3-1)9-6-12-11-7-10-9/h1-7H,(H,10,11). The van der Waals surface area contributed by atoms with Gasteiger partial charge in [-0.05, 0) is 11.9 Å². The second-order valence-corrected chi connectivity index (χ2v) is 3.07. The van der Waals surface area contributed by atoms with Crippen molar-refractivity contribution in [2.75, 3.05) is 0 Å². The molecule has 0 bridgehead atoms. The van der Waals surface area contributed by atoms with Crippen LogP contribution in [0.15, 0.2) is 40.7 Å². The summed E-state index contributed by atoms with van der Waals surface area (Å²) in [6.45, 7) is 0. The quantitative estimate of drug-likeness (QED) is 0.664. The van der Waals surface area contributed by atoms with E-state index < -0.39 is 0 Å². The van der Waals surface area contributed by atoms with Gasteiger partial charge in [-0.1, -0.05) is 30.3 Å². The van der Waals surface area contributed by atoms with Gasteiger partial charge in [-0.3, -0.25) is 0 Å². The summed E-state index contributed by atoms with van der Waals surface area (Å²) in [6.07, 6.45) is 1.70. The Labute approximate surface area is 75.5 Å². The van der Waals surface area contributed by atoms with Crippen molar-refractivity contribution in [2.24, 2.45) is 4.99 Å². The smallest absolute Gasteiger partial charge is 0.0988 e. The van der Waals surface area contributed by atoms with E-state index in [0.717, 1.165) is 11.3 Å². The molecule has 0 saturated heterocycles. The molecule has 0 unspecified atom stereocenters. The zero-order valence-electron chi connectivity index (χ0n) is 6.40. The molecule has 60 valence electrons. The van der Waals surface area contributed by atoms with E-state index >= 15 is 0 Å². The number of aliphatic imine (C=N–C) groups is 1. The maximum absolute atomic E-state index is 4.20. The lowest BCUT2D eigenvalue weighted by molar-refractivity contribution is 1.46. The topological polar surface area (TPSA) is 24.4 Å². The third-order valence-electron chi connectivity index (χ3n) is 1.56. The Kier molecular flexibility index (Phi) is 2.14. The summed E-state index contributed by atoms with van der Waals surface area (Å²) < 4.78 is 2.93. The molecule has 12 heavy (non-hydrogen) atoms. The van der Waals surface area contributed by atoms with Crippen molar-refractivity contribution in [3.05, 3.63) is 41.3 Å². The summed E-state index contributed by atoms with van der Waals surface area (Å²) in [5, 5.41) is 2.00. The minimum atomic E-state index is 1.01. The Morgan fingerprint density at radius 3 is 2.67 bits per heavy atom. The van der Waals surface area contributed by atoms with Gasteiger partial charge in [0, 0.05) is 11.0 Å². The van der Waals surface area contributed by atoms with Gasteiger partial charge in [0.05, 0.1) is 12.0 Å². The zero-order chi connectivity index (χ0) is 8.23. The molecule has 0 aromatic heterocycles. The largest absolute Gasteiger partial charge is 0.317 e. The van der Waals surface area contributed by atoms with Crippen LogP contribution >= 0.6 is 11.9 Å². The molecule has 2 nitrogen and oxygen atoms in total. The van der Waals surface area contributed by atoms with Crippen LogP contribution in [0.4, 0.5) is 0 Å². The first-order valence-corrected chi connectivity index (χ1v) is 4.54. The highest BCUT2D eigenvalue weighted by molar-refractivity contribution is 8.00. The highest BCUT2D eigenvalue weighted by Crippen LogP contribution is 2.19. The van der Waals surface area contributed by atoms with E-state index in [-0.39, 0.29) is 0 Å². The first kappa shape index (κ1) is 7.43. The lowest BCUT2D eigenvalue weighted by Crippen LogP contribution is -2.01. The SMILES string of the molecule is C1=NC(c2ccccc2)=CSN1. The van der Waals surface area contributed by atoms with Crippen molar-refractivity contribution in [3.8, 4) is 0 Å². The van der Waals surface area contributed by atoms with Gasteiger partial charge in [-0.2, -0.15) is 0 Å². The van der Waals surface area contributed by atoms with Crippen LogP contribution in [0.3, 0.4) is 0 Å². The fourth-order valence-corrected chi connectivity index (χ4v) is 1.49. The van der Waals surface area contributed by atoms with E-state index in [1.807, 2.05) is 23.6 Å². The van der Waals surface area contributed by atoms with Crippen molar-refractivity contribution < 1.29 is 0 Å². The molecule has 0 fully saturated rings.